The smallest absolute Gasteiger partial charge is 0.238 e. The maximum absolute atomic E-state index is 12.6. The van der Waals surface area contributed by atoms with Crippen LogP contribution < -0.4 is 0 Å². The number of nitrogens with zero attached hydrogens (tertiary/aromatic N) is 3. The van der Waals surface area contributed by atoms with Crippen LogP contribution in [-0.4, -0.2) is 9.78 Å². The predicted octanol–water partition coefficient (Wildman–Crippen LogP) is 3.42. The van der Waals surface area contributed by atoms with Gasteiger partial charge >= 0.3 is 6.18 Å². The van der Waals surface area contributed by atoms with Crippen molar-refractivity contribution in [1.29, 1.82) is 5.26 Å². The van der Waals surface area contributed by atoms with Crippen LogP contribution in [-0.2, 0) is 6.18 Å². The summed E-state index contributed by atoms with van der Waals surface area (Å²) in [6.45, 7) is 0. The zero-order valence-corrected chi connectivity index (χ0v) is 9.50. The van der Waals surface area contributed by atoms with Crippen molar-refractivity contribution >= 4 is 11.6 Å². The lowest BCUT2D eigenvalue weighted by Crippen LogP contribution is -2.06. The molecule has 0 aliphatic carbocycles. The third-order valence-electron chi connectivity index (χ3n) is 2.23. The van der Waals surface area contributed by atoms with Gasteiger partial charge in [0.1, 0.15) is 6.07 Å². The van der Waals surface area contributed by atoms with E-state index in [2.05, 4.69) is 5.10 Å². The summed E-state index contributed by atoms with van der Waals surface area (Å²) in [5, 5.41) is 12.5. The normalized spacial score (nSPS) is 11.3. The molecule has 0 N–H and O–H groups in total. The number of halogens is 4. The molecule has 0 radical (unpaired) electrons. The van der Waals surface area contributed by atoms with Crippen molar-refractivity contribution in [2.24, 2.45) is 0 Å². The van der Waals surface area contributed by atoms with E-state index in [1.54, 1.807) is 0 Å². The summed E-state index contributed by atoms with van der Waals surface area (Å²) >= 11 is 5.82. The summed E-state index contributed by atoms with van der Waals surface area (Å²) in [6.07, 6.45) is -1.90. The van der Waals surface area contributed by atoms with Crippen molar-refractivity contribution in [2.75, 3.05) is 0 Å². The van der Waals surface area contributed by atoms with E-state index >= 15 is 0 Å². The third-order valence-corrected chi connectivity index (χ3v) is 2.55. The van der Waals surface area contributed by atoms with Gasteiger partial charge in [-0.3, -0.25) is 0 Å². The largest absolute Gasteiger partial charge is 0.416 e. The Morgan fingerprint density at radius 1 is 1.33 bits per heavy atom. The van der Waals surface area contributed by atoms with Crippen molar-refractivity contribution in [3.63, 3.8) is 0 Å². The van der Waals surface area contributed by atoms with Gasteiger partial charge in [0.2, 0.25) is 0 Å². The maximum atomic E-state index is 12.6. The Balaban J connectivity index is 2.54. The quantitative estimate of drug-likeness (QED) is 0.797. The first kappa shape index (κ1) is 12.5. The van der Waals surface area contributed by atoms with E-state index in [1.807, 2.05) is 6.07 Å². The fourth-order valence-electron chi connectivity index (χ4n) is 1.38. The van der Waals surface area contributed by atoms with Crippen LogP contribution in [0.1, 0.15) is 11.1 Å². The summed E-state index contributed by atoms with van der Waals surface area (Å²) in [5.74, 6) is 0. The third kappa shape index (κ3) is 2.31. The summed E-state index contributed by atoms with van der Waals surface area (Å²) in [4.78, 5) is 0. The highest BCUT2D eigenvalue weighted by Gasteiger charge is 2.31. The number of rotatable bonds is 1. The SMILES string of the molecule is N#Cc1cnn(-c2cc(C(F)(F)F)ccc2Cl)c1. The van der Waals surface area contributed by atoms with Gasteiger partial charge in [-0.25, -0.2) is 4.68 Å². The van der Waals surface area contributed by atoms with Gasteiger partial charge in [0, 0.05) is 6.20 Å². The van der Waals surface area contributed by atoms with Crippen LogP contribution in [0.25, 0.3) is 5.69 Å². The Hall–Kier alpha value is -2.00. The molecule has 0 bridgehead atoms. The van der Waals surface area contributed by atoms with E-state index in [-0.39, 0.29) is 16.3 Å². The Kier molecular flexibility index (Phi) is 3.01. The minimum absolute atomic E-state index is 0.0768. The molecule has 92 valence electrons. The van der Waals surface area contributed by atoms with Gasteiger partial charge in [-0.05, 0) is 18.2 Å². The second-order valence-electron chi connectivity index (χ2n) is 3.45. The van der Waals surface area contributed by atoms with Gasteiger partial charge < -0.3 is 0 Å². The van der Waals surface area contributed by atoms with Crippen LogP contribution in [0.3, 0.4) is 0 Å². The van der Waals surface area contributed by atoms with Crippen LogP contribution in [0, 0.1) is 11.3 Å². The molecule has 1 aromatic carbocycles. The van der Waals surface area contributed by atoms with Crippen LogP contribution in [0.5, 0.6) is 0 Å². The summed E-state index contributed by atoms with van der Waals surface area (Å²) < 4.78 is 38.8. The minimum atomic E-state index is -4.45. The van der Waals surface area contributed by atoms with E-state index < -0.39 is 11.7 Å². The van der Waals surface area contributed by atoms with E-state index in [1.165, 1.54) is 12.4 Å². The van der Waals surface area contributed by atoms with Crippen LogP contribution >= 0.6 is 11.6 Å². The van der Waals surface area contributed by atoms with Gasteiger partial charge in [0.25, 0.3) is 0 Å². The molecule has 18 heavy (non-hydrogen) atoms. The van der Waals surface area contributed by atoms with E-state index in [4.69, 9.17) is 16.9 Å². The predicted molar refractivity (Wildman–Crippen MR) is 58.3 cm³/mol. The summed E-state index contributed by atoms with van der Waals surface area (Å²) in [6, 6.07) is 4.75. The second kappa shape index (κ2) is 4.35. The van der Waals surface area contributed by atoms with Gasteiger partial charge in [0.15, 0.2) is 0 Å². The molecule has 7 heteroatoms. The molecular formula is C11H5ClF3N3. The van der Waals surface area contributed by atoms with Gasteiger partial charge in [-0.15, -0.1) is 0 Å². The minimum Gasteiger partial charge on any atom is -0.238 e. The van der Waals surface area contributed by atoms with E-state index in [0.29, 0.717) is 0 Å². The van der Waals surface area contributed by atoms with Crippen molar-refractivity contribution in [3.05, 3.63) is 46.7 Å². The molecule has 0 atom stereocenters. The molecule has 0 aliphatic heterocycles. The number of hydrogen-bond acceptors (Lipinski definition) is 2. The average Bonchev–Trinajstić information content (AvgIpc) is 2.76. The molecule has 0 spiro atoms. The highest BCUT2D eigenvalue weighted by molar-refractivity contribution is 6.32. The first-order valence-electron chi connectivity index (χ1n) is 4.73. The molecular weight excluding hydrogens is 267 g/mol. The summed E-state index contributed by atoms with van der Waals surface area (Å²) in [7, 11) is 0. The molecule has 1 heterocycles. The van der Waals surface area contributed by atoms with Gasteiger partial charge in [0.05, 0.1) is 28.0 Å². The molecule has 0 fully saturated rings. The van der Waals surface area contributed by atoms with E-state index in [9.17, 15) is 13.2 Å². The highest BCUT2D eigenvalue weighted by Crippen LogP contribution is 2.32. The molecule has 3 nitrogen and oxygen atoms in total. The van der Waals surface area contributed by atoms with Crippen molar-refractivity contribution < 1.29 is 13.2 Å². The van der Waals surface area contributed by atoms with Gasteiger partial charge in [-0.1, -0.05) is 11.6 Å². The molecule has 0 unspecified atom stereocenters. The average molecular weight is 272 g/mol. The molecule has 0 aliphatic rings. The lowest BCUT2D eigenvalue weighted by Gasteiger charge is -2.10. The Labute approximate surface area is 105 Å². The zero-order valence-electron chi connectivity index (χ0n) is 8.74. The monoisotopic (exact) mass is 271 g/mol. The fourth-order valence-corrected chi connectivity index (χ4v) is 1.58. The summed E-state index contributed by atoms with van der Waals surface area (Å²) in [5.41, 5.74) is -0.507. The molecule has 0 saturated heterocycles. The number of benzene rings is 1. The number of nitriles is 1. The lowest BCUT2D eigenvalue weighted by molar-refractivity contribution is -0.137. The van der Waals surface area contributed by atoms with E-state index in [0.717, 1.165) is 22.9 Å². The highest BCUT2D eigenvalue weighted by atomic mass is 35.5. The first-order valence-corrected chi connectivity index (χ1v) is 5.11. The number of alkyl halides is 3. The van der Waals surface area contributed by atoms with Crippen molar-refractivity contribution in [1.82, 2.24) is 9.78 Å². The lowest BCUT2D eigenvalue weighted by atomic mass is 10.2. The van der Waals surface area contributed by atoms with Crippen molar-refractivity contribution in [3.8, 4) is 11.8 Å². The standard InChI is InChI=1S/C11H5ClF3N3/c12-9-2-1-8(11(13,14)15)3-10(9)18-6-7(4-16)5-17-18/h1-3,5-6H. The van der Waals surface area contributed by atoms with Gasteiger partial charge in [-0.2, -0.15) is 23.5 Å². The second-order valence-corrected chi connectivity index (χ2v) is 3.86. The maximum Gasteiger partial charge on any atom is 0.416 e. The zero-order chi connectivity index (χ0) is 13.3. The van der Waals surface area contributed by atoms with Crippen molar-refractivity contribution in [2.45, 2.75) is 6.18 Å². The van der Waals surface area contributed by atoms with Crippen LogP contribution in [0.2, 0.25) is 5.02 Å². The number of hydrogen-bond donors (Lipinski definition) is 0. The fraction of sp³-hybridized carbons (Fsp3) is 0.0909. The Morgan fingerprint density at radius 2 is 2.06 bits per heavy atom. The Morgan fingerprint density at radius 3 is 2.61 bits per heavy atom. The Bertz CT molecular complexity index is 625. The molecule has 1 aromatic heterocycles. The first-order chi connectivity index (χ1) is 8.41. The molecule has 0 amide bonds. The van der Waals surface area contributed by atoms with Crippen LogP contribution in [0.4, 0.5) is 13.2 Å². The molecule has 2 aromatic rings. The topological polar surface area (TPSA) is 41.6 Å². The number of aromatic nitrogens is 2. The molecule has 0 saturated carbocycles. The van der Waals surface area contributed by atoms with Crippen LogP contribution in [0.15, 0.2) is 30.6 Å². The molecule has 2 rings (SSSR count).